The topological polar surface area (TPSA) is 27.0 Å². The van der Waals surface area contributed by atoms with Crippen LogP contribution < -0.4 is 0 Å². The van der Waals surface area contributed by atoms with Gasteiger partial charge in [-0.2, -0.15) is 5.26 Å². The smallest absolute Gasteiger partial charge is 0.111 e. The molecule has 56 valence electrons. The first-order valence-corrected chi connectivity index (χ1v) is 4.53. The maximum atomic E-state index is 8.76. The Morgan fingerprint density at radius 3 is 2.40 bits per heavy atom. The second-order valence-corrected chi connectivity index (χ2v) is 4.95. The van der Waals surface area contributed by atoms with Gasteiger partial charge in [0.25, 0.3) is 0 Å². The number of alkyl halides is 1. The van der Waals surface area contributed by atoms with Gasteiger partial charge in [-0.05, 0) is 19.9 Å². The third-order valence-corrected chi connectivity index (χ3v) is 3.30. The molecule has 10 heavy (non-hydrogen) atoms. The summed E-state index contributed by atoms with van der Waals surface area (Å²) in [6, 6.07) is 2.36. The Balaban J connectivity index is 2.48. The molecule has 1 aliphatic rings. The molecule has 0 N–H and O–H groups in total. The predicted molar refractivity (Wildman–Crippen MR) is 49.1 cm³/mol. The fourth-order valence-electron chi connectivity index (χ4n) is 1.08. The molecule has 0 unspecified atom stereocenters. The van der Waals surface area contributed by atoms with E-state index in [1.807, 2.05) is 0 Å². The van der Waals surface area contributed by atoms with E-state index in [0.717, 1.165) is 25.9 Å². The number of piperidine rings is 1. The van der Waals surface area contributed by atoms with Crippen molar-refractivity contribution in [2.75, 3.05) is 20.1 Å². The molecular weight excluding hydrogens is 239 g/mol. The summed E-state index contributed by atoms with van der Waals surface area (Å²) in [5.74, 6) is 0. The van der Waals surface area contributed by atoms with Crippen molar-refractivity contribution < 1.29 is 0 Å². The van der Waals surface area contributed by atoms with Crippen LogP contribution in [0.5, 0.6) is 0 Å². The first-order chi connectivity index (χ1) is 4.66. The van der Waals surface area contributed by atoms with Gasteiger partial charge in [0.05, 0.1) is 6.07 Å². The zero-order valence-electron chi connectivity index (χ0n) is 6.10. The highest BCUT2D eigenvalue weighted by molar-refractivity contribution is 14.1. The van der Waals surface area contributed by atoms with Crippen molar-refractivity contribution in [3.05, 3.63) is 0 Å². The largest absolute Gasteiger partial charge is 0.306 e. The standard InChI is InChI=1S/C7H11IN2/c1-10-4-2-7(8,6-9)3-5-10/h2-5H2,1H3. The number of nitrogens with zero attached hydrogens (tertiary/aromatic N) is 2. The number of likely N-dealkylation sites (tertiary alicyclic amines) is 1. The van der Waals surface area contributed by atoms with Gasteiger partial charge in [-0.15, -0.1) is 0 Å². The maximum absolute atomic E-state index is 8.76. The van der Waals surface area contributed by atoms with E-state index in [-0.39, 0.29) is 3.42 Å². The van der Waals surface area contributed by atoms with Crippen molar-refractivity contribution in [2.24, 2.45) is 0 Å². The number of hydrogen-bond donors (Lipinski definition) is 0. The minimum absolute atomic E-state index is 0.0652. The van der Waals surface area contributed by atoms with E-state index in [9.17, 15) is 0 Å². The lowest BCUT2D eigenvalue weighted by atomic mass is 9.99. The molecule has 1 rings (SSSR count). The van der Waals surface area contributed by atoms with Gasteiger partial charge in [0, 0.05) is 13.1 Å². The van der Waals surface area contributed by atoms with Crippen LogP contribution in [0.1, 0.15) is 12.8 Å². The molecule has 0 atom stereocenters. The summed E-state index contributed by atoms with van der Waals surface area (Å²) < 4.78 is -0.0652. The molecule has 0 aromatic carbocycles. The number of halogens is 1. The Bertz CT molecular complexity index is 153. The molecule has 0 saturated carbocycles. The molecule has 0 spiro atoms. The quantitative estimate of drug-likeness (QED) is 0.480. The monoisotopic (exact) mass is 250 g/mol. The summed E-state index contributed by atoms with van der Waals surface area (Å²) in [6.07, 6.45) is 2.03. The number of rotatable bonds is 0. The van der Waals surface area contributed by atoms with Gasteiger partial charge >= 0.3 is 0 Å². The lowest BCUT2D eigenvalue weighted by Crippen LogP contribution is -2.37. The number of hydrogen-bond acceptors (Lipinski definition) is 2. The zero-order valence-corrected chi connectivity index (χ0v) is 8.26. The van der Waals surface area contributed by atoms with Gasteiger partial charge in [-0.3, -0.25) is 0 Å². The van der Waals surface area contributed by atoms with E-state index >= 15 is 0 Å². The molecule has 1 fully saturated rings. The first kappa shape index (κ1) is 8.28. The molecule has 1 heterocycles. The SMILES string of the molecule is CN1CCC(I)(C#N)CC1. The van der Waals surface area contributed by atoms with Crippen LogP contribution in [-0.2, 0) is 0 Å². The molecule has 0 aromatic heterocycles. The van der Waals surface area contributed by atoms with Crippen LogP contribution in [0.3, 0.4) is 0 Å². The Morgan fingerprint density at radius 2 is 2.00 bits per heavy atom. The van der Waals surface area contributed by atoms with E-state index in [1.165, 1.54) is 0 Å². The summed E-state index contributed by atoms with van der Waals surface area (Å²) in [6.45, 7) is 2.13. The van der Waals surface area contributed by atoms with Crippen LogP contribution in [0.15, 0.2) is 0 Å². The molecule has 1 aliphatic heterocycles. The van der Waals surface area contributed by atoms with Gasteiger partial charge in [0.2, 0.25) is 0 Å². The third-order valence-electron chi connectivity index (χ3n) is 1.98. The highest BCUT2D eigenvalue weighted by Crippen LogP contribution is 2.30. The van der Waals surface area contributed by atoms with Crippen LogP contribution in [0.2, 0.25) is 0 Å². The summed E-state index contributed by atoms with van der Waals surface area (Å²) in [4.78, 5) is 2.27. The zero-order chi connectivity index (χ0) is 7.61. The van der Waals surface area contributed by atoms with Gasteiger partial charge < -0.3 is 4.90 Å². The van der Waals surface area contributed by atoms with Crippen LogP contribution >= 0.6 is 22.6 Å². The minimum atomic E-state index is -0.0652. The maximum Gasteiger partial charge on any atom is 0.111 e. The summed E-state index contributed by atoms with van der Waals surface area (Å²) in [5.41, 5.74) is 0. The lowest BCUT2D eigenvalue weighted by molar-refractivity contribution is 0.267. The van der Waals surface area contributed by atoms with Gasteiger partial charge in [0.1, 0.15) is 3.42 Å². The van der Waals surface area contributed by atoms with Crippen LogP contribution in [0, 0.1) is 11.3 Å². The Kier molecular flexibility index (Phi) is 2.53. The lowest BCUT2D eigenvalue weighted by Gasteiger charge is -2.30. The van der Waals surface area contributed by atoms with E-state index in [1.54, 1.807) is 0 Å². The fourth-order valence-corrected chi connectivity index (χ4v) is 1.57. The van der Waals surface area contributed by atoms with E-state index < -0.39 is 0 Å². The molecule has 1 saturated heterocycles. The van der Waals surface area contributed by atoms with Gasteiger partial charge in [-0.25, -0.2) is 0 Å². The Morgan fingerprint density at radius 1 is 1.50 bits per heavy atom. The molecule has 0 radical (unpaired) electrons. The minimum Gasteiger partial charge on any atom is -0.306 e. The van der Waals surface area contributed by atoms with E-state index in [2.05, 4.69) is 40.6 Å². The van der Waals surface area contributed by atoms with E-state index in [0.29, 0.717) is 0 Å². The Labute approximate surface area is 75.3 Å². The van der Waals surface area contributed by atoms with E-state index in [4.69, 9.17) is 5.26 Å². The van der Waals surface area contributed by atoms with Crippen LogP contribution in [0.4, 0.5) is 0 Å². The molecule has 3 heteroatoms. The molecule has 0 aliphatic carbocycles. The molecule has 0 amide bonds. The van der Waals surface area contributed by atoms with Crippen molar-refractivity contribution in [1.82, 2.24) is 4.90 Å². The molecule has 0 bridgehead atoms. The first-order valence-electron chi connectivity index (χ1n) is 3.45. The van der Waals surface area contributed by atoms with Gasteiger partial charge in [0.15, 0.2) is 0 Å². The highest BCUT2D eigenvalue weighted by atomic mass is 127. The highest BCUT2D eigenvalue weighted by Gasteiger charge is 2.30. The summed E-state index contributed by atoms with van der Waals surface area (Å²) in [5, 5.41) is 8.76. The molecular formula is C7H11IN2. The second kappa shape index (κ2) is 3.05. The third kappa shape index (κ3) is 1.83. The number of nitriles is 1. The van der Waals surface area contributed by atoms with Crippen molar-refractivity contribution in [2.45, 2.75) is 16.3 Å². The van der Waals surface area contributed by atoms with Crippen molar-refractivity contribution in [3.63, 3.8) is 0 Å². The van der Waals surface area contributed by atoms with Crippen LogP contribution in [0.25, 0.3) is 0 Å². The summed E-state index contributed by atoms with van der Waals surface area (Å²) >= 11 is 2.28. The second-order valence-electron chi connectivity index (χ2n) is 2.88. The van der Waals surface area contributed by atoms with Crippen LogP contribution in [-0.4, -0.2) is 28.5 Å². The molecule has 2 nitrogen and oxygen atoms in total. The van der Waals surface area contributed by atoms with Crippen molar-refractivity contribution >= 4 is 22.6 Å². The normalized spacial score (nSPS) is 25.7. The van der Waals surface area contributed by atoms with Crippen molar-refractivity contribution in [3.8, 4) is 6.07 Å². The molecule has 0 aromatic rings. The Hall–Kier alpha value is 0.180. The predicted octanol–water partition coefficient (Wildman–Crippen LogP) is 1.41. The van der Waals surface area contributed by atoms with Gasteiger partial charge in [-0.1, -0.05) is 22.6 Å². The van der Waals surface area contributed by atoms with Crippen molar-refractivity contribution in [1.29, 1.82) is 5.26 Å². The fraction of sp³-hybridized carbons (Fsp3) is 0.857. The average Bonchev–Trinajstić information content (AvgIpc) is 1.96. The summed E-state index contributed by atoms with van der Waals surface area (Å²) in [7, 11) is 2.10. The average molecular weight is 250 g/mol.